The Balaban J connectivity index is 2.08. The van der Waals surface area contributed by atoms with Crippen LogP contribution in [0.25, 0.3) is 27.5 Å². The molecule has 0 unspecified atom stereocenters. The lowest BCUT2D eigenvalue weighted by molar-refractivity contribution is 0.101. The molecule has 4 rings (SSSR count). The molecule has 0 aliphatic heterocycles. The zero-order chi connectivity index (χ0) is 15.1. The summed E-state index contributed by atoms with van der Waals surface area (Å²) < 4.78 is 1.82. The first-order chi connectivity index (χ1) is 10.8. The highest BCUT2D eigenvalue weighted by atomic mass is 16.1. The first-order valence-electron chi connectivity index (χ1n) is 7.09. The molecule has 1 heterocycles. The van der Waals surface area contributed by atoms with Crippen molar-refractivity contribution in [2.24, 2.45) is 0 Å². The second-order valence-corrected chi connectivity index (χ2v) is 5.22. The smallest absolute Gasteiger partial charge is 0.160 e. The van der Waals surface area contributed by atoms with E-state index in [9.17, 15) is 4.79 Å². The van der Waals surface area contributed by atoms with Gasteiger partial charge in [0.25, 0.3) is 0 Å². The van der Waals surface area contributed by atoms with Crippen LogP contribution in [0.2, 0.25) is 0 Å². The molecule has 0 aliphatic rings. The second-order valence-electron chi connectivity index (χ2n) is 5.22. The van der Waals surface area contributed by atoms with Gasteiger partial charge in [0.2, 0.25) is 0 Å². The van der Waals surface area contributed by atoms with Crippen LogP contribution in [0.3, 0.4) is 0 Å². The third-order valence-electron chi connectivity index (χ3n) is 3.86. The molecule has 0 fully saturated rings. The molecule has 106 valence electrons. The van der Waals surface area contributed by atoms with Gasteiger partial charge in [-0.05, 0) is 30.5 Å². The van der Waals surface area contributed by atoms with Crippen LogP contribution in [-0.4, -0.2) is 20.8 Å². The number of fused-ring (bicyclic) bond motifs is 2. The zero-order valence-corrected chi connectivity index (χ0v) is 12.0. The van der Waals surface area contributed by atoms with Crippen LogP contribution < -0.4 is 0 Å². The summed E-state index contributed by atoms with van der Waals surface area (Å²) in [5, 5.41) is 10.4. The van der Waals surface area contributed by atoms with Crippen molar-refractivity contribution in [2.75, 3.05) is 0 Å². The Labute approximate surface area is 127 Å². The highest BCUT2D eigenvalue weighted by Crippen LogP contribution is 2.27. The third kappa shape index (κ3) is 1.81. The van der Waals surface area contributed by atoms with Gasteiger partial charge in [-0.2, -0.15) is 0 Å². The fourth-order valence-electron chi connectivity index (χ4n) is 2.83. The molecule has 0 N–H and O–H groups in total. The van der Waals surface area contributed by atoms with Gasteiger partial charge in [-0.25, -0.2) is 4.68 Å². The summed E-state index contributed by atoms with van der Waals surface area (Å²) in [5.74, 6) is 0.0613. The molecule has 0 saturated carbocycles. The molecule has 0 radical (unpaired) electrons. The number of hydrogen-bond acceptors (Lipinski definition) is 3. The summed E-state index contributed by atoms with van der Waals surface area (Å²) in [6.07, 6.45) is 0. The Morgan fingerprint density at radius 3 is 2.55 bits per heavy atom. The largest absolute Gasteiger partial charge is 0.294 e. The Morgan fingerprint density at radius 1 is 0.909 bits per heavy atom. The number of rotatable bonds is 2. The normalized spacial score (nSPS) is 11.1. The minimum absolute atomic E-state index is 0.0613. The highest BCUT2D eigenvalue weighted by Gasteiger charge is 2.12. The molecule has 4 nitrogen and oxygen atoms in total. The van der Waals surface area contributed by atoms with Crippen LogP contribution >= 0.6 is 0 Å². The fourth-order valence-corrected chi connectivity index (χ4v) is 2.83. The lowest BCUT2D eigenvalue weighted by atomic mass is 10.0. The number of hydrogen-bond donors (Lipinski definition) is 0. The van der Waals surface area contributed by atoms with Gasteiger partial charge < -0.3 is 0 Å². The van der Waals surface area contributed by atoms with Crippen molar-refractivity contribution in [1.29, 1.82) is 0 Å². The molecule has 0 atom stereocenters. The molecular weight excluding hydrogens is 274 g/mol. The van der Waals surface area contributed by atoms with Crippen LogP contribution in [0.5, 0.6) is 0 Å². The average molecular weight is 287 g/mol. The number of nitrogens with zero attached hydrogens (tertiary/aromatic N) is 3. The zero-order valence-electron chi connectivity index (χ0n) is 12.0. The van der Waals surface area contributed by atoms with E-state index in [0.29, 0.717) is 0 Å². The summed E-state index contributed by atoms with van der Waals surface area (Å²) >= 11 is 0. The maximum absolute atomic E-state index is 11.8. The molecule has 4 heteroatoms. The van der Waals surface area contributed by atoms with Gasteiger partial charge in [-0.1, -0.05) is 47.7 Å². The first kappa shape index (κ1) is 12.7. The summed E-state index contributed by atoms with van der Waals surface area (Å²) in [6, 6.07) is 19.5. The minimum atomic E-state index is 0.0613. The van der Waals surface area contributed by atoms with Gasteiger partial charge in [0.15, 0.2) is 5.78 Å². The minimum Gasteiger partial charge on any atom is -0.294 e. The average Bonchev–Trinajstić information content (AvgIpc) is 2.97. The lowest BCUT2D eigenvalue weighted by Gasteiger charge is -2.09. The molecule has 1 aromatic heterocycles. The second kappa shape index (κ2) is 4.77. The Kier molecular flexibility index (Phi) is 2.76. The predicted octanol–water partition coefficient (Wildman–Crippen LogP) is 3.78. The van der Waals surface area contributed by atoms with E-state index in [1.54, 1.807) is 6.92 Å². The number of benzene rings is 3. The molecule has 3 aromatic carbocycles. The van der Waals surface area contributed by atoms with Gasteiger partial charge in [0.1, 0.15) is 5.52 Å². The molecule has 0 spiro atoms. The molecule has 4 aromatic rings. The van der Waals surface area contributed by atoms with E-state index in [0.717, 1.165) is 33.1 Å². The summed E-state index contributed by atoms with van der Waals surface area (Å²) in [7, 11) is 0. The van der Waals surface area contributed by atoms with Crippen molar-refractivity contribution in [3.8, 4) is 5.69 Å². The van der Waals surface area contributed by atoms with Crippen LogP contribution in [-0.2, 0) is 0 Å². The fraction of sp³-hybridized carbons (Fsp3) is 0.0556. The number of ketones is 1. The summed E-state index contributed by atoms with van der Waals surface area (Å²) in [5.41, 5.74) is 3.45. The van der Waals surface area contributed by atoms with Gasteiger partial charge in [0, 0.05) is 10.9 Å². The standard InChI is InChI=1S/C18H13N3O/c1-12(22)13-6-4-8-15-14(13)7-5-11-17(15)21-18-10-3-2-9-16(18)19-20-21/h2-11H,1H3. The monoisotopic (exact) mass is 287 g/mol. The van der Waals surface area contributed by atoms with Gasteiger partial charge in [-0.3, -0.25) is 4.79 Å². The van der Waals surface area contributed by atoms with Gasteiger partial charge in [0.05, 0.1) is 11.2 Å². The van der Waals surface area contributed by atoms with Crippen LogP contribution in [0.1, 0.15) is 17.3 Å². The SMILES string of the molecule is CC(=O)c1cccc2c(-n3nnc4ccccc43)cccc12. The predicted molar refractivity (Wildman–Crippen MR) is 86.4 cm³/mol. The van der Waals surface area contributed by atoms with Crippen molar-refractivity contribution in [2.45, 2.75) is 6.92 Å². The first-order valence-corrected chi connectivity index (χ1v) is 7.09. The summed E-state index contributed by atoms with van der Waals surface area (Å²) in [6.45, 7) is 1.59. The number of para-hydroxylation sites is 1. The van der Waals surface area contributed by atoms with Crippen molar-refractivity contribution >= 4 is 27.6 Å². The Morgan fingerprint density at radius 2 is 1.68 bits per heavy atom. The molecule has 0 amide bonds. The highest BCUT2D eigenvalue weighted by molar-refractivity contribution is 6.09. The molecular formula is C18H13N3O. The Bertz CT molecular complexity index is 1020. The third-order valence-corrected chi connectivity index (χ3v) is 3.86. The molecule has 0 bridgehead atoms. The van der Waals surface area contributed by atoms with Crippen LogP contribution in [0.15, 0.2) is 60.7 Å². The van der Waals surface area contributed by atoms with Crippen LogP contribution in [0, 0.1) is 0 Å². The van der Waals surface area contributed by atoms with Crippen molar-refractivity contribution in [3.05, 3.63) is 66.2 Å². The maximum Gasteiger partial charge on any atom is 0.160 e. The van der Waals surface area contributed by atoms with E-state index in [2.05, 4.69) is 10.3 Å². The number of carbonyl (C=O) groups is 1. The van der Waals surface area contributed by atoms with E-state index < -0.39 is 0 Å². The van der Waals surface area contributed by atoms with Crippen molar-refractivity contribution in [1.82, 2.24) is 15.0 Å². The topological polar surface area (TPSA) is 47.8 Å². The van der Waals surface area contributed by atoms with Gasteiger partial charge >= 0.3 is 0 Å². The maximum atomic E-state index is 11.8. The summed E-state index contributed by atoms with van der Waals surface area (Å²) in [4.78, 5) is 11.8. The number of carbonyl (C=O) groups excluding carboxylic acids is 1. The van der Waals surface area contributed by atoms with E-state index >= 15 is 0 Å². The molecule has 0 aliphatic carbocycles. The lowest BCUT2D eigenvalue weighted by Crippen LogP contribution is -2.00. The van der Waals surface area contributed by atoms with Crippen LogP contribution in [0.4, 0.5) is 0 Å². The molecule has 22 heavy (non-hydrogen) atoms. The number of Topliss-reactive ketones (excluding diaryl/α,β-unsaturated/α-hetero) is 1. The van der Waals surface area contributed by atoms with E-state index in [-0.39, 0.29) is 5.78 Å². The van der Waals surface area contributed by atoms with E-state index in [1.165, 1.54) is 0 Å². The number of aromatic nitrogens is 3. The Hall–Kier alpha value is -3.01. The van der Waals surface area contributed by atoms with Crippen molar-refractivity contribution < 1.29 is 4.79 Å². The van der Waals surface area contributed by atoms with Gasteiger partial charge in [-0.15, -0.1) is 5.10 Å². The van der Waals surface area contributed by atoms with E-state index in [1.807, 2.05) is 65.3 Å². The molecule has 0 saturated heterocycles. The van der Waals surface area contributed by atoms with E-state index in [4.69, 9.17) is 0 Å². The van der Waals surface area contributed by atoms with Crippen molar-refractivity contribution in [3.63, 3.8) is 0 Å². The quantitative estimate of drug-likeness (QED) is 0.527.